The van der Waals surface area contributed by atoms with Crippen molar-refractivity contribution >= 4 is 15.9 Å². The summed E-state index contributed by atoms with van der Waals surface area (Å²) < 4.78 is 3.06. The molecule has 1 rings (SSSR count). The Kier molecular flexibility index (Phi) is 5.49. The smallest absolute Gasteiger partial charge is 0.0695 e. The molecule has 2 atom stereocenters. The Balaban J connectivity index is 2.92. The summed E-state index contributed by atoms with van der Waals surface area (Å²) in [5, 5.41) is 7.85. The van der Waals surface area contributed by atoms with Crippen molar-refractivity contribution in [3.8, 4) is 0 Å². The standard InChI is InChI=1S/C12H22BrN3/c1-5-7-9(3)11(14-6-2)12-10(13)8-15-16(12)4/h8-9,11,14H,5-7H2,1-4H3. The maximum atomic E-state index is 4.29. The van der Waals surface area contributed by atoms with E-state index >= 15 is 0 Å². The van der Waals surface area contributed by atoms with E-state index in [0.29, 0.717) is 12.0 Å². The van der Waals surface area contributed by atoms with Gasteiger partial charge in [-0.15, -0.1) is 0 Å². The highest BCUT2D eigenvalue weighted by Gasteiger charge is 2.23. The van der Waals surface area contributed by atoms with Crippen LogP contribution >= 0.6 is 15.9 Å². The van der Waals surface area contributed by atoms with Crippen molar-refractivity contribution in [1.29, 1.82) is 0 Å². The van der Waals surface area contributed by atoms with Gasteiger partial charge < -0.3 is 5.32 Å². The number of nitrogens with zero attached hydrogens (tertiary/aromatic N) is 2. The van der Waals surface area contributed by atoms with Crippen molar-refractivity contribution in [2.24, 2.45) is 13.0 Å². The Morgan fingerprint density at radius 3 is 2.62 bits per heavy atom. The van der Waals surface area contributed by atoms with Crippen LogP contribution in [0.5, 0.6) is 0 Å². The molecule has 0 aromatic carbocycles. The topological polar surface area (TPSA) is 29.9 Å². The van der Waals surface area contributed by atoms with Gasteiger partial charge in [-0.1, -0.05) is 27.2 Å². The number of halogens is 1. The minimum atomic E-state index is 0.381. The minimum absolute atomic E-state index is 0.381. The summed E-state index contributed by atoms with van der Waals surface area (Å²) in [6, 6.07) is 0.381. The number of hydrogen-bond acceptors (Lipinski definition) is 2. The third-order valence-electron chi connectivity index (χ3n) is 2.97. The molecule has 0 saturated carbocycles. The third-order valence-corrected chi connectivity index (χ3v) is 3.58. The quantitative estimate of drug-likeness (QED) is 0.870. The molecule has 2 unspecified atom stereocenters. The Morgan fingerprint density at radius 1 is 1.50 bits per heavy atom. The molecule has 0 aliphatic rings. The molecule has 1 heterocycles. The molecule has 0 bridgehead atoms. The van der Waals surface area contributed by atoms with Crippen LogP contribution in [0.25, 0.3) is 0 Å². The van der Waals surface area contributed by atoms with Crippen molar-refractivity contribution in [3.05, 3.63) is 16.4 Å². The van der Waals surface area contributed by atoms with Crippen LogP contribution in [0.15, 0.2) is 10.7 Å². The second-order valence-electron chi connectivity index (χ2n) is 4.30. The van der Waals surface area contributed by atoms with Gasteiger partial charge in [-0.05, 0) is 34.8 Å². The van der Waals surface area contributed by atoms with E-state index in [9.17, 15) is 0 Å². The lowest BCUT2D eigenvalue weighted by atomic mass is 9.94. The molecule has 0 fully saturated rings. The zero-order valence-corrected chi connectivity index (χ0v) is 12.2. The van der Waals surface area contributed by atoms with Gasteiger partial charge in [0.15, 0.2) is 0 Å². The van der Waals surface area contributed by atoms with Gasteiger partial charge in [-0.2, -0.15) is 5.10 Å². The van der Waals surface area contributed by atoms with Crippen LogP contribution in [0, 0.1) is 5.92 Å². The van der Waals surface area contributed by atoms with E-state index in [2.05, 4.69) is 47.1 Å². The van der Waals surface area contributed by atoms with Crippen LogP contribution in [-0.4, -0.2) is 16.3 Å². The maximum absolute atomic E-state index is 4.29. The second kappa shape index (κ2) is 6.40. The molecule has 1 N–H and O–H groups in total. The van der Waals surface area contributed by atoms with Crippen molar-refractivity contribution in [3.63, 3.8) is 0 Å². The first kappa shape index (κ1) is 13.7. The van der Waals surface area contributed by atoms with Crippen LogP contribution in [0.2, 0.25) is 0 Å². The Morgan fingerprint density at radius 2 is 2.19 bits per heavy atom. The maximum Gasteiger partial charge on any atom is 0.0695 e. The average Bonchev–Trinajstić information content (AvgIpc) is 2.56. The number of hydrogen-bond donors (Lipinski definition) is 1. The van der Waals surface area contributed by atoms with Gasteiger partial charge in [0.2, 0.25) is 0 Å². The lowest BCUT2D eigenvalue weighted by molar-refractivity contribution is 0.351. The highest BCUT2D eigenvalue weighted by molar-refractivity contribution is 9.10. The number of nitrogens with one attached hydrogen (secondary N) is 1. The first-order chi connectivity index (χ1) is 7.61. The van der Waals surface area contributed by atoms with Gasteiger partial charge in [-0.3, -0.25) is 4.68 Å². The summed E-state index contributed by atoms with van der Waals surface area (Å²) in [5.74, 6) is 0.622. The average molecular weight is 288 g/mol. The molecule has 92 valence electrons. The Bertz CT molecular complexity index is 303. The van der Waals surface area contributed by atoms with Crippen LogP contribution < -0.4 is 5.32 Å². The molecule has 3 nitrogen and oxygen atoms in total. The van der Waals surface area contributed by atoms with E-state index in [1.54, 1.807) is 0 Å². The van der Waals surface area contributed by atoms with Gasteiger partial charge >= 0.3 is 0 Å². The number of rotatable bonds is 6. The van der Waals surface area contributed by atoms with E-state index in [-0.39, 0.29) is 0 Å². The Labute approximate surface area is 107 Å². The predicted molar refractivity (Wildman–Crippen MR) is 71.4 cm³/mol. The summed E-state index contributed by atoms with van der Waals surface area (Å²) in [6.45, 7) is 7.67. The Hall–Kier alpha value is -0.350. The SMILES string of the molecule is CCCC(C)C(NCC)c1c(Br)cnn1C. The zero-order chi connectivity index (χ0) is 12.1. The molecule has 0 aliphatic carbocycles. The number of aryl methyl sites for hydroxylation is 1. The fraction of sp³-hybridized carbons (Fsp3) is 0.750. The molecule has 4 heteroatoms. The van der Waals surface area contributed by atoms with E-state index < -0.39 is 0 Å². The van der Waals surface area contributed by atoms with Crippen molar-refractivity contribution in [1.82, 2.24) is 15.1 Å². The molecule has 1 aromatic heterocycles. The van der Waals surface area contributed by atoms with E-state index in [0.717, 1.165) is 11.0 Å². The van der Waals surface area contributed by atoms with Gasteiger partial charge in [0, 0.05) is 7.05 Å². The van der Waals surface area contributed by atoms with E-state index in [1.807, 2.05) is 17.9 Å². The highest BCUT2D eigenvalue weighted by Crippen LogP contribution is 2.30. The highest BCUT2D eigenvalue weighted by atomic mass is 79.9. The van der Waals surface area contributed by atoms with Crippen LogP contribution in [0.4, 0.5) is 0 Å². The largest absolute Gasteiger partial charge is 0.309 e. The van der Waals surface area contributed by atoms with Crippen LogP contribution in [0.3, 0.4) is 0 Å². The molecule has 0 radical (unpaired) electrons. The van der Waals surface area contributed by atoms with Crippen molar-refractivity contribution < 1.29 is 0 Å². The van der Waals surface area contributed by atoms with Crippen LogP contribution in [-0.2, 0) is 7.05 Å². The second-order valence-corrected chi connectivity index (χ2v) is 5.16. The van der Waals surface area contributed by atoms with Gasteiger partial charge in [0.25, 0.3) is 0 Å². The van der Waals surface area contributed by atoms with Crippen molar-refractivity contribution in [2.75, 3.05) is 6.54 Å². The third kappa shape index (κ3) is 3.08. The molecule has 0 saturated heterocycles. The molecular weight excluding hydrogens is 266 g/mol. The summed E-state index contributed by atoms with van der Waals surface area (Å²) in [6.07, 6.45) is 4.33. The lowest BCUT2D eigenvalue weighted by Gasteiger charge is -2.25. The summed E-state index contributed by atoms with van der Waals surface area (Å²) in [7, 11) is 2.00. The predicted octanol–water partition coefficient (Wildman–Crippen LogP) is 3.27. The minimum Gasteiger partial charge on any atom is -0.309 e. The molecular formula is C12H22BrN3. The zero-order valence-electron chi connectivity index (χ0n) is 10.6. The lowest BCUT2D eigenvalue weighted by Crippen LogP contribution is -2.29. The van der Waals surface area contributed by atoms with E-state index in [4.69, 9.17) is 0 Å². The number of aromatic nitrogens is 2. The molecule has 16 heavy (non-hydrogen) atoms. The van der Waals surface area contributed by atoms with Gasteiger partial charge in [-0.25, -0.2) is 0 Å². The first-order valence-electron chi connectivity index (χ1n) is 6.02. The van der Waals surface area contributed by atoms with Gasteiger partial charge in [0.1, 0.15) is 0 Å². The van der Waals surface area contributed by atoms with Crippen molar-refractivity contribution in [2.45, 2.75) is 39.7 Å². The summed E-state index contributed by atoms with van der Waals surface area (Å²) in [5.41, 5.74) is 1.25. The first-order valence-corrected chi connectivity index (χ1v) is 6.81. The fourth-order valence-corrected chi connectivity index (χ4v) is 2.77. The normalized spacial score (nSPS) is 15.1. The molecule has 0 aliphatic heterocycles. The fourth-order valence-electron chi connectivity index (χ4n) is 2.18. The van der Waals surface area contributed by atoms with E-state index in [1.165, 1.54) is 18.5 Å². The summed E-state index contributed by atoms with van der Waals surface area (Å²) in [4.78, 5) is 0. The molecule has 1 aromatic rings. The molecule has 0 spiro atoms. The monoisotopic (exact) mass is 287 g/mol. The van der Waals surface area contributed by atoms with Gasteiger partial charge in [0.05, 0.1) is 22.4 Å². The molecule has 0 amide bonds. The summed E-state index contributed by atoms with van der Waals surface area (Å²) >= 11 is 3.58. The van der Waals surface area contributed by atoms with Crippen LogP contribution in [0.1, 0.15) is 45.3 Å².